The average molecular weight is 561 g/mol. The number of alkyl halides is 3. The van der Waals surface area contributed by atoms with Crippen LogP contribution in [0.3, 0.4) is 0 Å². The molecule has 8 nitrogen and oxygen atoms in total. The van der Waals surface area contributed by atoms with Crippen LogP contribution in [0.5, 0.6) is 0 Å². The van der Waals surface area contributed by atoms with E-state index in [0.29, 0.717) is 30.9 Å². The van der Waals surface area contributed by atoms with Crippen LogP contribution in [0.4, 0.5) is 13.2 Å². The number of hydrogen-bond acceptors (Lipinski definition) is 4. The van der Waals surface area contributed by atoms with Gasteiger partial charge in [-0.15, -0.1) is 0 Å². The average Bonchev–Trinajstić information content (AvgIpc) is 3.45. The Hall–Kier alpha value is -3.67. The Morgan fingerprint density at radius 2 is 2.03 bits per heavy atom. The minimum atomic E-state index is -4.47. The Balaban J connectivity index is 1.21. The van der Waals surface area contributed by atoms with Crippen molar-refractivity contribution in [2.45, 2.75) is 32.1 Å². The highest BCUT2D eigenvalue weighted by atomic mass is 79.9. The molecule has 0 atom stereocenters. The summed E-state index contributed by atoms with van der Waals surface area (Å²) < 4.78 is 39.0. The quantitative estimate of drug-likeness (QED) is 0.341. The molecule has 4 aromatic rings. The van der Waals surface area contributed by atoms with Crippen molar-refractivity contribution in [2.24, 2.45) is 0 Å². The van der Waals surface area contributed by atoms with Crippen LogP contribution < -0.4 is 5.32 Å². The Labute approximate surface area is 211 Å². The fraction of sp³-hybridized carbons (Fsp3) is 0.250. The molecule has 3 aromatic heterocycles. The summed E-state index contributed by atoms with van der Waals surface area (Å²) in [6, 6.07) is 8.00. The lowest BCUT2D eigenvalue weighted by Gasteiger charge is -2.27. The highest BCUT2D eigenvalue weighted by Gasteiger charge is 2.31. The molecule has 1 aliphatic rings. The summed E-state index contributed by atoms with van der Waals surface area (Å²) in [5, 5.41) is 10.6. The molecule has 5 rings (SSSR count). The SMILES string of the molecule is O=C(NCc1ccc(C(F)(F)F)cn1)c1n[nH]c2c1CCN(C(=O)Cc1c[nH]c3ccc(Br)cc13)C2. The summed E-state index contributed by atoms with van der Waals surface area (Å²) in [5.74, 6) is -0.492. The fourth-order valence-electron chi connectivity index (χ4n) is 4.24. The molecular formula is C24H20BrF3N6O2. The largest absolute Gasteiger partial charge is 0.417 e. The number of carbonyl (C=O) groups excluding carboxylic acids is 2. The van der Waals surface area contributed by atoms with Crippen molar-refractivity contribution in [3.05, 3.63) is 81.0 Å². The molecule has 1 aliphatic heterocycles. The van der Waals surface area contributed by atoms with Gasteiger partial charge in [-0.05, 0) is 42.3 Å². The van der Waals surface area contributed by atoms with E-state index in [1.54, 1.807) is 4.90 Å². The van der Waals surface area contributed by atoms with Crippen molar-refractivity contribution in [3.63, 3.8) is 0 Å². The van der Waals surface area contributed by atoms with Gasteiger partial charge in [-0.3, -0.25) is 19.7 Å². The molecule has 0 unspecified atom stereocenters. The third-order valence-corrected chi connectivity index (χ3v) is 6.65. The van der Waals surface area contributed by atoms with Gasteiger partial charge in [-0.2, -0.15) is 18.3 Å². The Morgan fingerprint density at radius 1 is 1.19 bits per heavy atom. The second kappa shape index (κ2) is 9.41. The maximum Gasteiger partial charge on any atom is 0.417 e. The Morgan fingerprint density at radius 3 is 2.78 bits per heavy atom. The van der Waals surface area contributed by atoms with E-state index in [2.05, 4.69) is 41.4 Å². The van der Waals surface area contributed by atoms with E-state index >= 15 is 0 Å². The van der Waals surface area contributed by atoms with Gasteiger partial charge < -0.3 is 15.2 Å². The summed E-state index contributed by atoms with van der Waals surface area (Å²) in [5.41, 5.74) is 2.94. The van der Waals surface area contributed by atoms with Gasteiger partial charge in [0.25, 0.3) is 5.91 Å². The van der Waals surface area contributed by atoms with Crippen molar-refractivity contribution in [1.82, 2.24) is 30.4 Å². The van der Waals surface area contributed by atoms with Gasteiger partial charge in [0.15, 0.2) is 5.69 Å². The first-order valence-corrected chi connectivity index (χ1v) is 11.9. The lowest BCUT2D eigenvalue weighted by Crippen LogP contribution is -2.37. The number of amides is 2. The molecule has 0 fully saturated rings. The number of aromatic amines is 2. The van der Waals surface area contributed by atoms with Crippen LogP contribution in [0, 0.1) is 0 Å². The van der Waals surface area contributed by atoms with Crippen molar-refractivity contribution in [1.29, 1.82) is 0 Å². The Kier molecular flexibility index (Phi) is 6.29. The summed E-state index contributed by atoms with van der Waals surface area (Å²) in [4.78, 5) is 34.3. The normalized spacial score (nSPS) is 13.6. The summed E-state index contributed by atoms with van der Waals surface area (Å²) >= 11 is 3.46. The second-order valence-electron chi connectivity index (χ2n) is 8.49. The second-order valence-corrected chi connectivity index (χ2v) is 9.41. The van der Waals surface area contributed by atoms with E-state index in [1.807, 2.05) is 24.4 Å². The van der Waals surface area contributed by atoms with Crippen LogP contribution in [0.1, 0.15) is 38.6 Å². The molecule has 186 valence electrons. The number of hydrogen-bond donors (Lipinski definition) is 3. The van der Waals surface area contributed by atoms with Gasteiger partial charge in [0.05, 0.1) is 36.5 Å². The number of halogens is 4. The summed E-state index contributed by atoms with van der Waals surface area (Å²) in [7, 11) is 0. The van der Waals surface area contributed by atoms with Crippen LogP contribution in [0.15, 0.2) is 47.2 Å². The zero-order valence-corrected chi connectivity index (χ0v) is 20.3. The van der Waals surface area contributed by atoms with E-state index in [0.717, 1.165) is 38.8 Å². The van der Waals surface area contributed by atoms with Crippen LogP contribution in [-0.2, 0) is 36.9 Å². The Bertz CT molecular complexity index is 1440. The molecule has 0 spiro atoms. The van der Waals surface area contributed by atoms with E-state index < -0.39 is 17.6 Å². The molecule has 0 radical (unpaired) electrons. The molecular weight excluding hydrogens is 541 g/mol. The number of nitrogens with zero attached hydrogens (tertiary/aromatic N) is 3. The number of H-pyrrole nitrogens is 2. The molecule has 0 saturated carbocycles. The number of carbonyl (C=O) groups is 2. The number of rotatable bonds is 5. The first-order valence-electron chi connectivity index (χ1n) is 11.1. The van der Waals surface area contributed by atoms with E-state index in [9.17, 15) is 22.8 Å². The van der Waals surface area contributed by atoms with Gasteiger partial charge in [-0.1, -0.05) is 15.9 Å². The number of benzene rings is 1. The maximum atomic E-state index is 13.0. The lowest BCUT2D eigenvalue weighted by molar-refractivity contribution is -0.137. The smallest absolute Gasteiger partial charge is 0.361 e. The number of pyridine rings is 1. The fourth-order valence-corrected chi connectivity index (χ4v) is 4.60. The molecule has 12 heteroatoms. The summed E-state index contributed by atoms with van der Waals surface area (Å²) in [6.07, 6.45) is -1.19. The van der Waals surface area contributed by atoms with Crippen molar-refractivity contribution < 1.29 is 22.8 Å². The van der Waals surface area contributed by atoms with Crippen molar-refractivity contribution >= 4 is 38.6 Å². The van der Waals surface area contributed by atoms with Gasteiger partial charge in [0.1, 0.15) is 0 Å². The van der Waals surface area contributed by atoms with Gasteiger partial charge in [0.2, 0.25) is 5.91 Å². The molecule has 0 aliphatic carbocycles. The highest BCUT2D eigenvalue weighted by molar-refractivity contribution is 9.10. The predicted molar refractivity (Wildman–Crippen MR) is 128 cm³/mol. The molecule has 36 heavy (non-hydrogen) atoms. The molecule has 3 N–H and O–H groups in total. The van der Waals surface area contributed by atoms with Gasteiger partial charge in [0, 0.05) is 39.9 Å². The number of fused-ring (bicyclic) bond motifs is 2. The van der Waals surface area contributed by atoms with Crippen molar-refractivity contribution in [3.8, 4) is 0 Å². The molecule has 0 bridgehead atoms. The zero-order chi connectivity index (χ0) is 25.4. The molecule has 2 amide bonds. The van der Waals surface area contributed by atoms with E-state index in [1.165, 1.54) is 6.07 Å². The van der Waals surface area contributed by atoms with Crippen molar-refractivity contribution in [2.75, 3.05) is 6.54 Å². The standard InChI is InChI=1S/C24H20BrF3N6O2/c25-15-2-4-19-18(8-15)13(9-30-19)7-21(35)34-6-5-17-20(12-34)32-33-22(17)23(36)31-11-16-3-1-14(10-29-16)24(26,27)28/h1-4,8-10,30H,5-7,11-12H2,(H,31,36)(H,32,33). The van der Waals surface area contributed by atoms with Gasteiger partial charge in [-0.25, -0.2) is 0 Å². The first-order chi connectivity index (χ1) is 17.2. The monoisotopic (exact) mass is 560 g/mol. The zero-order valence-electron chi connectivity index (χ0n) is 18.7. The van der Waals surface area contributed by atoms with E-state index in [-0.39, 0.29) is 24.6 Å². The lowest BCUT2D eigenvalue weighted by atomic mass is 10.0. The minimum Gasteiger partial charge on any atom is -0.361 e. The molecule has 0 saturated heterocycles. The highest BCUT2D eigenvalue weighted by Crippen LogP contribution is 2.28. The minimum absolute atomic E-state index is 0.0319. The first kappa shape index (κ1) is 24.0. The van der Waals surface area contributed by atoms with Crippen LogP contribution in [0.2, 0.25) is 0 Å². The third kappa shape index (κ3) is 4.85. The third-order valence-electron chi connectivity index (χ3n) is 6.15. The molecule has 1 aromatic carbocycles. The number of aromatic nitrogens is 4. The van der Waals surface area contributed by atoms with E-state index in [4.69, 9.17) is 0 Å². The number of nitrogens with one attached hydrogen (secondary N) is 3. The van der Waals surface area contributed by atoms with Crippen LogP contribution >= 0.6 is 15.9 Å². The van der Waals surface area contributed by atoms with Crippen LogP contribution in [0.25, 0.3) is 10.9 Å². The molecule has 4 heterocycles. The van der Waals surface area contributed by atoms with Crippen LogP contribution in [-0.4, -0.2) is 43.4 Å². The summed E-state index contributed by atoms with van der Waals surface area (Å²) in [6.45, 7) is 0.711. The predicted octanol–water partition coefficient (Wildman–Crippen LogP) is 4.12. The maximum absolute atomic E-state index is 13.0. The van der Waals surface area contributed by atoms with Gasteiger partial charge >= 0.3 is 6.18 Å². The topological polar surface area (TPSA) is 107 Å².